The van der Waals surface area contributed by atoms with E-state index in [4.69, 9.17) is 16.3 Å². The topological polar surface area (TPSA) is 29.5 Å². The molecule has 1 saturated carbocycles. The Morgan fingerprint density at radius 2 is 1.65 bits per heavy atom. The van der Waals surface area contributed by atoms with Crippen LogP contribution in [0.15, 0.2) is 60.7 Å². The Bertz CT molecular complexity index is 1310. The van der Waals surface area contributed by atoms with Gasteiger partial charge in [-0.15, -0.1) is 0 Å². The number of benzene rings is 3. The highest BCUT2D eigenvalue weighted by molar-refractivity contribution is 6.32. The number of ether oxygens (including phenoxy) is 1. The van der Waals surface area contributed by atoms with Gasteiger partial charge in [0.2, 0.25) is 0 Å². The van der Waals surface area contributed by atoms with Gasteiger partial charge in [-0.25, -0.2) is 4.39 Å². The molecule has 0 heterocycles. The summed E-state index contributed by atoms with van der Waals surface area (Å²) in [6, 6.07) is 18.7. The van der Waals surface area contributed by atoms with E-state index in [-0.39, 0.29) is 18.2 Å². The van der Waals surface area contributed by atoms with Crippen LogP contribution in [0.25, 0.3) is 11.1 Å². The summed E-state index contributed by atoms with van der Waals surface area (Å²) in [7, 11) is 0. The molecule has 2 aliphatic rings. The van der Waals surface area contributed by atoms with Crippen molar-refractivity contribution < 1.29 is 18.6 Å². The van der Waals surface area contributed by atoms with E-state index in [0.717, 1.165) is 84.3 Å². The summed E-state index contributed by atoms with van der Waals surface area (Å²) < 4.78 is 32.5. The van der Waals surface area contributed by atoms with Gasteiger partial charge in [-0.3, -0.25) is 4.39 Å². The molecular formula is C35H39ClF2O2. The maximum Gasteiger partial charge on any atom is 0.124 e. The van der Waals surface area contributed by atoms with E-state index in [0.29, 0.717) is 24.2 Å². The van der Waals surface area contributed by atoms with E-state index < -0.39 is 0 Å². The lowest BCUT2D eigenvalue weighted by Gasteiger charge is -2.28. The van der Waals surface area contributed by atoms with Gasteiger partial charge in [0.05, 0.1) is 24.4 Å². The molecule has 1 fully saturated rings. The van der Waals surface area contributed by atoms with Crippen LogP contribution < -0.4 is 0 Å². The molecule has 3 aromatic carbocycles. The number of halogens is 3. The highest BCUT2D eigenvalue weighted by atomic mass is 35.5. The van der Waals surface area contributed by atoms with Gasteiger partial charge < -0.3 is 9.84 Å². The molecule has 0 spiro atoms. The Labute approximate surface area is 242 Å². The number of phenolic OH excluding ortho intramolecular Hbond substituents is 1. The first-order valence-electron chi connectivity index (χ1n) is 14.8. The molecule has 40 heavy (non-hydrogen) atoms. The molecule has 2 aliphatic carbocycles. The molecule has 0 radical (unpaired) electrons. The summed E-state index contributed by atoms with van der Waals surface area (Å²) in [4.78, 5) is 0. The third-order valence-corrected chi connectivity index (χ3v) is 8.87. The van der Waals surface area contributed by atoms with Crippen molar-refractivity contribution in [3.63, 3.8) is 0 Å². The normalized spacial score (nSPS) is 19.4. The fraction of sp³-hybridized carbons (Fsp3) is 0.429. The van der Waals surface area contributed by atoms with Gasteiger partial charge in [0.15, 0.2) is 0 Å². The summed E-state index contributed by atoms with van der Waals surface area (Å²) in [5.41, 5.74) is 7.29. The third kappa shape index (κ3) is 7.14. The Hall–Kier alpha value is -2.69. The lowest BCUT2D eigenvalue weighted by molar-refractivity contribution is 0.00614. The van der Waals surface area contributed by atoms with Crippen LogP contribution in [0.3, 0.4) is 0 Å². The standard InChI is InChI=1S/C35H39ClF2O2/c36-34-21-28(38)15-19-31(34)32-7-4-6-26-14-16-29(39)22-33(26)35(32)27-12-8-25(9-13-27)23-40-30-17-10-24(11-18-30)5-2-1-3-20-37/h8-9,12-16,19,21-22,24,30,39H,1-7,10-11,17-18,20,23H2. The van der Waals surface area contributed by atoms with Crippen LogP contribution in [-0.4, -0.2) is 17.9 Å². The Balaban J connectivity index is 1.32. The van der Waals surface area contributed by atoms with E-state index in [1.165, 1.54) is 37.0 Å². The van der Waals surface area contributed by atoms with Crippen molar-refractivity contribution in [1.82, 2.24) is 0 Å². The second kappa shape index (κ2) is 13.8. The number of unbranched alkanes of at least 4 members (excludes halogenated alkanes) is 2. The first-order chi connectivity index (χ1) is 19.5. The minimum atomic E-state index is -0.353. The Morgan fingerprint density at radius 1 is 0.850 bits per heavy atom. The SMILES string of the molecule is Oc1ccc2c(c1)C(c1ccc(COC3CCC(CCCCCF)CC3)cc1)=C(c1ccc(F)cc1Cl)CCC2. The van der Waals surface area contributed by atoms with E-state index in [9.17, 15) is 13.9 Å². The Morgan fingerprint density at radius 3 is 2.40 bits per heavy atom. The monoisotopic (exact) mass is 564 g/mol. The summed E-state index contributed by atoms with van der Waals surface area (Å²) in [6.07, 6.45) is 11.6. The van der Waals surface area contributed by atoms with Gasteiger partial charge in [-0.1, -0.05) is 67.3 Å². The molecule has 5 heteroatoms. The summed E-state index contributed by atoms with van der Waals surface area (Å²) >= 11 is 6.56. The lowest BCUT2D eigenvalue weighted by Crippen LogP contribution is -2.21. The third-order valence-electron chi connectivity index (χ3n) is 8.56. The minimum absolute atomic E-state index is 0.195. The number of hydrogen-bond acceptors (Lipinski definition) is 2. The molecule has 2 nitrogen and oxygen atoms in total. The van der Waals surface area contributed by atoms with E-state index in [1.807, 2.05) is 12.1 Å². The van der Waals surface area contributed by atoms with Crippen molar-refractivity contribution >= 4 is 22.7 Å². The van der Waals surface area contributed by atoms with Crippen molar-refractivity contribution in [3.8, 4) is 5.75 Å². The van der Waals surface area contributed by atoms with Gasteiger partial charge in [0.25, 0.3) is 0 Å². The molecule has 1 N–H and O–H groups in total. The molecule has 0 saturated heterocycles. The summed E-state index contributed by atoms with van der Waals surface area (Å²) in [5.74, 6) is 0.633. The fourth-order valence-corrected chi connectivity index (χ4v) is 6.65. The largest absolute Gasteiger partial charge is 0.508 e. The van der Waals surface area contributed by atoms with Crippen LogP contribution in [0, 0.1) is 11.7 Å². The van der Waals surface area contributed by atoms with Crippen LogP contribution in [0.1, 0.15) is 92.0 Å². The lowest BCUT2D eigenvalue weighted by atomic mass is 9.84. The Kier molecular flexibility index (Phi) is 9.93. The smallest absolute Gasteiger partial charge is 0.124 e. The van der Waals surface area contributed by atoms with Crippen LogP contribution in [0.4, 0.5) is 8.78 Å². The molecule has 212 valence electrons. The number of fused-ring (bicyclic) bond motifs is 1. The summed E-state index contributed by atoms with van der Waals surface area (Å²) in [5, 5.41) is 10.8. The molecule has 0 amide bonds. The van der Waals surface area contributed by atoms with Crippen LogP contribution >= 0.6 is 11.6 Å². The average molecular weight is 565 g/mol. The van der Waals surface area contributed by atoms with Crippen molar-refractivity contribution in [2.24, 2.45) is 5.92 Å². The molecule has 0 aromatic heterocycles. The quantitative estimate of drug-likeness (QED) is 0.248. The molecule has 5 rings (SSSR count). The van der Waals surface area contributed by atoms with Gasteiger partial charge in [0, 0.05) is 0 Å². The van der Waals surface area contributed by atoms with Gasteiger partial charge in [0.1, 0.15) is 11.6 Å². The molecule has 3 aromatic rings. The second-order valence-corrected chi connectivity index (χ2v) is 11.8. The number of aromatic hydroxyl groups is 1. The zero-order valence-corrected chi connectivity index (χ0v) is 23.9. The summed E-state index contributed by atoms with van der Waals surface area (Å²) in [6.45, 7) is 0.388. The van der Waals surface area contributed by atoms with Gasteiger partial charge in [-0.2, -0.15) is 0 Å². The number of phenols is 1. The maximum absolute atomic E-state index is 13.9. The predicted molar refractivity (Wildman–Crippen MR) is 160 cm³/mol. The van der Waals surface area contributed by atoms with Gasteiger partial charge >= 0.3 is 0 Å². The van der Waals surface area contributed by atoms with E-state index in [1.54, 1.807) is 12.1 Å². The van der Waals surface area contributed by atoms with Crippen LogP contribution in [0.5, 0.6) is 5.75 Å². The minimum Gasteiger partial charge on any atom is -0.508 e. The fourth-order valence-electron chi connectivity index (χ4n) is 6.36. The van der Waals surface area contributed by atoms with Crippen LogP contribution in [-0.2, 0) is 17.8 Å². The van der Waals surface area contributed by atoms with E-state index >= 15 is 0 Å². The zero-order chi connectivity index (χ0) is 27.9. The maximum atomic E-state index is 13.9. The number of allylic oxidation sites excluding steroid dienone is 1. The number of hydrogen-bond donors (Lipinski definition) is 1. The molecule has 0 unspecified atom stereocenters. The first-order valence-corrected chi connectivity index (χ1v) is 15.2. The number of alkyl halides is 1. The molecule has 0 aliphatic heterocycles. The van der Waals surface area contributed by atoms with Crippen LogP contribution in [0.2, 0.25) is 5.02 Å². The number of rotatable bonds is 10. The highest BCUT2D eigenvalue weighted by Crippen LogP contribution is 2.43. The van der Waals surface area contributed by atoms with Crippen molar-refractivity contribution in [2.45, 2.75) is 83.3 Å². The van der Waals surface area contributed by atoms with Crippen molar-refractivity contribution in [3.05, 3.63) is 99.3 Å². The zero-order valence-electron chi connectivity index (χ0n) is 23.1. The molecule has 0 bridgehead atoms. The average Bonchev–Trinajstić information content (AvgIpc) is 3.14. The highest BCUT2D eigenvalue weighted by Gasteiger charge is 2.23. The predicted octanol–water partition coefficient (Wildman–Crippen LogP) is 10.1. The second-order valence-electron chi connectivity index (χ2n) is 11.4. The van der Waals surface area contributed by atoms with Crippen molar-refractivity contribution in [2.75, 3.05) is 6.67 Å². The number of aryl methyl sites for hydroxylation is 1. The molecular weight excluding hydrogens is 526 g/mol. The first kappa shape index (κ1) is 28.8. The molecule has 0 atom stereocenters. The van der Waals surface area contributed by atoms with Gasteiger partial charge in [-0.05, 0) is 121 Å². The van der Waals surface area contributed by atoms with Crippen molar-refractivity contribution in [1.29, 1.82) is 0 Å². The van der Waals surface area contributed by atoms with E-state index in [2.05, 4.69) is 24.3 Å².